The minimum Gasteiger partial charge on any atom is -0.310 e. The first-order chi connectivity index (χ1) is 33.5. The molecule has 2 heteroatoms. The summed E-state index contributed by atoms with van der Waals surface area (Å²) in [4.78, 5) is 5.01. The third-order valence-electron chi connectivity index (χ3n) is 16.0. The molecule has 10 aromatic carbocycles. The molecule has 2 nitrogen and oxygen atoms in total. The van der Waals surface area contributed by atoms with Gasteiger partial charge < -0.3 is 9.80 Å². The van der Waals surface area contributed by atoms with Gasteiger partial charge in [0, 0.05) is 32.7 Å². The van der Waals surface area contributed by atoms with Crippen molar-refractivity contribution < 1.29 is 0 Å². The van der Waals surface area contributed by atoms with Crippen molar-refractivity contribution in [3.05, 3.63) is 251 Å². The van der Waals surface area contributed by atoms with E-state index in [2.05, 4.69) is 270 Å². The number of benzene rings is 10. The quantitative estimate of drug-likeness (QED) is 0.125. The van der Waals surface area contributed by atoms with Gasteiger partial charge in [0.1, 0.15) is 0 Å². The number of nitrogens with zero attached hydrogens (tertiary/aromatic N) is 2. The van der Waals surface area contributed by atoms with E-state index in [-0.39, 0.29) is 16.2 Å². The minimum absolute atomic E-state index is 0.0915. The van der Waals surface area contributed by atoms with Gasteiger partial charge in [0.2, 0.25) is 0 Å². The van der Waals surface area contributed by atoms with Gasteiger partial charge in [-0.05, 0) is 114 Å². The van der Waals surface area contributed by atoms with E-state index < -0.39 is 0 Å². The SMILES string of the molecule is CC1(C)c2cc(/C=C/c3ccc(-c4c5ccccc5c(N5c6ccccc6C(C)(C)c6ccccc65)c5ccccc45)cc3)ccc2-c2ccc(N3c4ccccc4C(C)(C)c4ccccc43)cc21. The monoisotopic (exact) mass is 886 g/mol. The molecule has 13 rings (SSSR count). The van der Waals surface area contributed by atoms with Crippen molar-refractivity contribution in [1.82, 2.24) is 0 Å². The Bertz CT molecular complexity index is 3610. The lowest BCUT2D eigenvalue weighted by Gasteiger charge is -2.42. The van der Waals surface area contributed by atoms with Gasteiger partial charge in [-0.15, -0.1) is 0 Å². The van der Waals surface area contributed by atoms with E-state index in [1.54, 1.807) is 0 Å². The van der Waals surface area contributed by atoms with Crippen molar-refractivity contribution in [3.8, 4) is 22.3 Å². The summed E-state index contributed by atoms with van der Waals surface area (Å²) < 4.78 is 0. The van der Waals surface area contributed by atoms with Crippen molar-refractivity contribution in [2.45, 2.75) is 57.8 Å². The summed E-state index contributed by atoms with van der Waals surface area (Å²) in [7, 11) is 0. The first-order valence-corrected chi connectivity index (χ1v) is 24.5. The standard InChI is InChI=1S/C67H54N2/c1-65(2)53-23-11-15-27-59(53)68(60-28-16-12-24-54(60)65)46-38-40-48-47-39-35-44(41-57(47)67(5,6)58(48)42-46)32-31-43-33-36-45(37-34-43)63-49-19-7-9-21-51(49)64(52-22-10-8-20-50(52)63)69-61-29-17-13-25-55(61)66(3,4)56-26-14-18-30-62(56)69/h7-42H,1-6H3/b32-31+. The molecule has 3 aliphatic rings. The maximum atomic E-state index is 2.53. The summed E-state index contributed by atoms with van der Waals surface area (Å²) in [5, 5.41) is 4.97. The predicted octanol–water partition coefficient (Wildman–Crippen LogP) is 18.4. The minimum atomic E-state index is -0.168. The highest BCUT2D eigenvalue weighted by Crippen LogP contribution is 2.57. The van der Waals surface area contributed by atoms with Crippen LogP contribution >= 0.6 is 0 Å². The van der Waals surface area contributed by atoms with Gasteiger partial charge in [0.25, 0.3) is 0 Å². The zero-order valence-corrected chi connectivity index (χ0v) is 40.2. The van der Waals surface area contributed by atoms with E-state index in [9.17, 15) is 0 Å². The van der Waals surface area contributed by atoms with Crippen LogP contribution in [0.1, 0.15) is 86.1 Å². The molecule has 0 bridgehead atoms. The van der Waals surface area contributed by atoms with Gasteiger partial charge >= 0.3 is 0 Å². The fourth-order valence-electron chi connectivity index (χ4n) is 12.5. The third kappa shape index (κ3) is 6.04. The topological polar surface area (TPSA) is 6.48 Å². The molecule has 0 saturated carbocycles. The van der Waals surface area contributed by atoms with Gasteiger partial charge in [-0.2, -0.15) is 0 Å². The number of fused-ring (bicyclic) bond motifs is 9. The molecule has 332 valence electrons. The zero-order chi connectivity index (χ0) is 46.8. The van der Waals surface area contributed by atoms with Crippen LogP contribution < -0.4 is 9.80 Å². The van der Waals surface area contributed by atoms with Gasteiger partial charge in [-0.1, -0.05) is 224 Å². The predicted molar refractivity (Wildman–Crippen MR) is 293 cm³/mol. The number of hydrogen-bond donors (Lipinski definition) is 0. The number of rotatable bonds is 5. The molecular formula is C67H54N2. The van der Waals surface area contributed by atoms with Crippen LogP contribution in [0.3, 0.4) is 0 Å². The molecule has 0 N–H and O–H groups in total. The molecule has 0 spiro atoms. The maximum absolute atomic E-state index is 2.53. The smallest absolute Gasteiger partial charge is 0.0619 e. The number of para-hydroxylation sites is 4. The molecule has 2 heterocycles. The Kier molecular flexibility index (Phi) is 8.99. The third-order valence-corrected chi connectivity index (χ3v) is 16.0. The average molecular weight is 887 g/mol. The molecule has 0 radical (unpaired) electrons. The van der Waals surface area contributed by atoms with Crippen LogP contribution in [0.4, 0.5) is 34.1 Å². The Hall–Kier alpha value is -7.94. The van der Waals surface area contributed by atoms with Crippen LogP contribution in [0.25, 0.3) is 56.0 Å². The van der Waals surface area contributed by atoms with Gasteiger partial charge in [0.05, 0.1) is 28.4 Å². The van der Waals surface area contributed by atoms with Gasteiger partial charge in [-0.3, -0.25) is 0 Å². The highest BCUT2D eigenvalue weighted by Gasteiger charge is 2.40. The first-order valence-electron chi connectivity index (χ1n) is 24.5. The molecule has 0 aromatic heterocycles. The van der Waals surface area contributed by atoms with E-state index in [1.165, 1.54) is 122 Å². The summed E-state index contributed by atoms with van der Waals surface area (Å²) in [6.07, 6.45) is 4.54. The van der Waals surface area contributed by atoms with Crippen molar-refractivity contribution >= 4 is 67.8 Å². The van der Waals surface area contributed by atoms with Crippen LogP contribution in [-0.2, 0) is 16.2 Å². The lowest BCUT2D eigenvalue weighted by Crippen LogP contribution is -2.30. The number of anilines is 6. The Labute approximate surface area is 406 Å². The highest BCUT2D eigenvalue weighted by atomic mass is 15.2. The van der Waals surface area contributed by atoms with Crippen molar-refractivity contribution in [2.75, 3.05) is 9.80 Å². The number of hydrogen-bond acceptors (Lipinski definition) is 2. The van der Waals surface area contributed by atoms with E-state index in [0.29, 0.717) is 0 Å². The van der Waals surface area contributed by atoms with Gasteiger partial charge in [0.15, 0.2) is 0 Å². The Balaban J connectivity index is 0.838. The second kappa shape index (κ2) is 15.0. The van der Waals surface area contributed by atoms with Crippen LogP contribution in [0.2, 0.25) is 0 Å². The molecule has 0 atom stereocenters. The Morgan fingerprint density at radius 1 is 0.319 bits per heavy atom. The van der Waals surface area contributed by atoms with Crippen molar-refractivity contribution in [2.24, 2.45) is 0 Å². The van der Waals surface area contributed by atoms with Crippen LogP contribution in [0.15, 0.2) is 206 Å². The zero-order valence-electron chi connectivity index (χ0n) is 40.2. The van der Waals surface area contributed by atoms with Crippen molar-refractivity contribution in [1.29, 1.82) is 0 Å². The van der Waals surface area contributed by atoms with E-state index in [1.807, 2.05) is 0 Å². The van der Waals surface area contributed by atoms with E-state index in [4.69, 9.17) is 0 Å². The average Bonchev–Trinajstić information content (AvgIpc) is 3.60. The largest absolute Gasteiger partial charge is 0.310 e. The van der Waals surface area contributed by atoms with E-state index >= 15 is 0 Å². The van der Waals surface area contributed by atoms with Crippen LogP contribution in [0, 0.1) is 0 Å². The Morgan fingerprint density at radius 2 is 0.696 bits per heavy atom. The lowest BCUT2D eigenvalue weighted by atomic mass is 9.73. The summed E-state index contributed by atoms with van der Waals surface area (Å²) >= 11 is 0. The second-order valence-electron chi connectivity index (χ2n) is 20.9. The van der Waals surface area contributed by atoms with E-state index in [0.717, 1.165) is 0 Å². The van der Waals surface area contributed by atoms with Gasteiger partial charge in [-0.25, -0.2) is 0 Å². The summed E-state index contributed by atoms with van der Waals surface area (Å²) in [6, 6.07) is 77.1. The molecule has 0 amide bonds. The normalized spacial score (nSPS) is 15.6. The Morgan fingerprint density at radius 3 is 1.20 bits per heavy atom. The second-order valence-corrected chi connectivity index (χ2v) is 20.9. The fourth-order valence-corrected chi connectivity index (χ4v) is 12.5. The molecular weight excluding hydrogens is 833 g/mol. The van der Waals surface area contributed by atoms with Crippen LogP contribution in [0.5, 0.6) is 0 Å². The lowest BCUT2D eigenvalue weighted by molar-refractivity contribution is 0.631. The van der Waals surface area contributed by atoms with Crippen LogP contribution in [-0.4, -0.2) is 0 Å². The maximum Gasteiger partial charge on any atom is 0.0619 e. The molecule has 69 heavy (non-hydrogen) atoms. The molecule has 0 fully saturated rings. The molecule has 0 saturated heterocycles. The first kappa shape index (κ1) is 41.3. The molecule has 10 aromatic rings. The van der Waals surface area contributed by atoms with Crippen molar-refractivity contribution in [3.63, 3.8) is 0 Å². The molecule has 0 unspecified atom stereocenters. The molecule has 1 aliphatic carbocycles. The summed E-state index contributed by atoms with van der Waals surface area (Å²) in [5.41, 5.74) is 22.6. The summed E-state index contributed by atoms with van der Waals surface area (Å²) in [5.74, 6) is 0. The highest BCUT2D eigenvalue weighted by molar-refractivity contribution is 6.22. The summed E-state index contributed by atoms with van der Waals surface area (Å²) in [6.45, 7) is 14.2. The molecule has 2 aliphatic heterocycles. The fraction of sp³-hybridized carbons (Fsp3) is 0.134.